The molecule has 1 N–H and O–H groups in total. The number of nitrogens with zero attached hydrogens (tertiary/aromatic N) is 5. The van der Waals surface area contributed by atoms with Crippen molar-refractivity contribution in [2.24, 2.45) is 0 Å². The van der Waals surface area contributed by atoms with Crippen molar-refractivity contribution in [1.29, 1.82) is 0 Å². The number of rotatable bonds is 6. The van der Waals surface area contributed by atoms with Crippen LogP contribution in [0.2, 0.25) is 0 Å². The van der Waals surface area contributed by atoms with E-state index in [-0.39, 0.29) is 42.5 Å². The Hall–Kier alpha value is -4.03. The van der Waals surface area contributed by atoms with Gasteiger partial charge in [-0.3, -0.25) is 9.69 Å². The van der Waals surface area contributed by atoms with Gasteiger partial charge in [0, 0.05) is 31.7 Å². The molecule has 8 nitrogen and oxygen atoms in total. The number of benzene rings is 2. The molecule has 4 aromatic rings. The summed E-state index contributed by atoms with van der Waals surface area (Å²) in [6.07, 6.45) is -4.11. The first-order valence-electron chi connectivity index (χ1n) is 12.2. The van der Waals surface area contributed by atoms with Crippen LogP contribution in [-0.4, -0.2) is 75.3 Å². The Labute approximate surface area is 221 Å². The molecule has 0 unspecified atom stereocenters. The number of halogens is 4. The average Bonchev–Trinajstić information content (AvgIpc) is 3.36. The van der Waals surface area contributed by atoms with Crippen LogP contribution in [0, 0.1) is 5.82 Å². The van der Waals surface area contributed by atoms with Crippen LogP contribution in [0.1, 0.15) is 27.7 Å². The van der Waals surface area contributed by atoms with E-state index >= 15 is 4.39 Å². The molecule has 0 bridgehead atoms. The fraction of sp³-hybridized carbons (Fsp3) is 0.296. The molecule has 204 valence electrons. The summed E-state index contributed by atoms with van der Waals surface area (Å²) < 4.78 is 62.6. The Bertz CT molecular complexity index is 1470. The highest BCUT2D eigenvalue weighted by Gasteiger charge is 2.41. The van der Waals surface area contributed by atoms with Gasteiger partial charge in [0.15, 0.2) is 17.2 Å². The second kappa shape index (κ2) is 10.6. The van der Waals surface area contributed by atoms with E-state index in [2.05, 4.69) is 10.1 Å². The number of amides is 1. The smallest absolute Gasteiger partial charge is 0.436 e. The SMILES string of the molecule is COc1ccc(-c2nc3c(C(=O)N4CCN([C@@H](CO)c5ccccc5)CC4)cnn3c(C(F)(F)F)c2F)cc1. The molecule has 39 heavy (non-hydrogen) atoms. The van der Waals surface area contributed by atoms with Gasteiger partial charge in [-0.05, 0) is 29.8 Å². The molecule has 0 spiro atoms. The zero-order valence-electron chi connectivity index (χ0n) is 20.9. The minimum Gasteiger partial charge on any atom is -0.497 e. The van der Waals surface area contributed by atoms with Crippen molar-refractivity contribution < 1.29 is 32.2 Å². The number of aliphatic hydroxyl groups excluding tert-OH is 1. The third kappa shape index (κ3) is 5.04. The molecule has 3 heterocycles. The van der Waals surface area contributed by atoms with Crippen molar-refractivity contribution in [1.82, 2.24) is 24.4 Å². The molecule has 2 aromatic heterocycles. The average molecular weight is 544 g/mol. The van der Waals surface area contributed by atoms with Crippen LogP contribution in [0.4, 0.5) is 17.6 Å². The summed E-state index contributed by atoms with van der Waals surface area (Å²) in [4.78, 5) is 21.1. The summed E-state index contributed by atoms with van der Waals surface area (Å²) in [5.74, 6) is -1.71. The lowest BCUT2D eigenvalue weighted by atomic mass is 10.1. The van der Waals surface area contributed by atoms with E-state index in [1.807, 2.05) is 35.2 Å². The van der Waals surface area contributed by atoms with Gasteiger partial charge in [0.2, 0.25) is 0 Å². The monoisotopic (exact) mass is 543 g/mol. The van der Waals surface area contributed by atoms with Gasteiger partial charge in [-0.25, -0.2) is 13.9 Å². The second-order valence-corrected chi connectivity index (χ2v) is 9.08. The quantitative estimate of drug-likeness (QED) is 0.370. The molecule has 0 aliphatic carbocycles. The Morgan fingerprint density at radius 2 is 1.72 bits per heavy atom. The molecular weight excluding hydrogens is 518 g/mol. The van der Waals surface area contributed by atoms with Gasteiger partial charge in [-0.2, -0.15) is 18.3 Å². The molecule has 0 saturated carbocycles. The van der Waals surface area contributed by atoms with Crippen molar-refractivity contribution in [3.8, 4) is 17.0 Å². The molecular formula is C27H25F4N5O3. The first-order chi connectivity index (χ1) is 18.7. The van der Waals surface area contributed by atoms with Gasteiger partial charge in [-0.1, -0.05) is 30.3 Å². The highest BCUT2D eigenvalue weighted by atomic mass is 19.4. The van der Waals surface area contributed by atoms with Crippen LogP contribution < -0.4 is 4.74 Å². The number of carbonyl (C=O) groups excluding carboxylic acids is 1. The van der Waals surface area contributed by atoms with E-state index in [0.29, 0.717) is 23.4 Å². The number of ether oxygens (including phenoxy) is 1. The molecule has 2 aromatic carbocycles. The summed E-state index contributed by atoms with van der Waals surface area (Å²) in [6, 6.07) is 15.0. The van der Waals surface area contributed by atoms with E-state index in [0.717, 1.165) is 11.8 Å². The number of hydrogen-bond acceptors (Lipinski definition) is 6. The summed E-state index contributed by atoms with van der Waals surface area (Å²) in [7, 11) is 1.43. The topological polar surface area (TPSA) is 83.2 Å². The maximum Gasteiger partial charge on any atom is 0.436 e. The first-order valence-corrected chi connectivity index (χ1v) is 12.2. The molecule has 5 rings (SSSR count). The zero-order chi connectivity index (χ0) is 27.7. The molecule has 12 heteroatoms. The third-order valence-electron chi connectivity index (χ3n) is 6.85. The van der Waals surface area contributed by atoms with Crippen molar-refractivity contribution in [2.75, 3.05) is 39.9 Å². The fourth-order valence-corrected chi connectivity index (χ4v) is 4.82. The Kier molecular flexibility index (Phi) is 7.23. The normalized spacial score (nSPS) is 15.5. The number of alkyl halides is 3. The van der Waals surface area contributed by atoms with Crippen LogP contribution in [0.25, 0.3) is 16.9 Å². The molecule has 1 atom stereocenters. The summed E-state index contributed by atoms with van der Waals surface area (Å²) in [5, 5.41) is 13.7. The lowest BCUT2D eigenvalue weighted by molar-refractivity contribution is -0.145. The van der Waals surface area contributed by atoms with Gasteiger partial charge in [0.05, 0.1) is 26.0 Å². The Morgan fingerprint density at radius 3 is 2.31 bits per heavy atom. The lowest BCUT2D eigenvalue weighted by Crippen LogP contribution is -2.50. The number of carbonyl (C=O) groups is 1. The summed E-state index contributed by atoms with van der Waals surface area (Å²) >= 11 is 0. The second-order valence-electron chi connectivity index (χ2n) is 9.08. The largest absolute Gasteiger partial charge is 0.497 e. The Morgan fingerprint density at radius 1 is 1.05 bits per heavy atom. The minimum atomic E-state index is -5.10. The standard InChI is InChI=1S/C27H25F4N5O3/c1-39-19-9-7-18(8-10-19)23-22(28)24(27(29,30)31)36-25(33-23)20(15-32-36)26(38)35-13-11-34(12-14-35)21(16-37)17-5-3-2-4-6-17/h2-10,15,21,37H,11-14,16H2,1H3/t21-/m0/s1. The molecule has 1 aliphatic rings. The third-order valence-corrected chi connectivity index (χ3v) is 6.85. The van der Waals surface area contributed by atoms with E-state index in [1.54, 1.807) is 0 Å². The van der Waals surface area contributed by atoms with Crippen LogP contribution in [0.15, 0.2) is 60.8 Å². The molecule has 1 fully saturated rings. The molecule has 1 aliphatic heterocycles. The molecule has 0 radical (unpaired) electrons. The van der Waals surface area contributed by atoms with Gasteiger partial charge >= 0.3 is 6.18 Å². The zero-order valence-corrected chi connectivity index (χ0v) is 20.9. The van der Waals surface area contributed by atoms with Crippen molar-refractivity contribution in [3.63, 3.8) is 0 Å². The minimum absolute atomic E-state index is 0.0884. The molecule has 1 saturated heterocycles. The molecule has 1 amide bonds. The van der Waals surface area contributed by atoms with Crippen molar-refractivity contribution in [2.45, 2.75) is 12.2 Å². The fourth-order valence-electron chi connectivity index (χ4n) is 4.82. The van der Waals surface area contributed by atoms with Gasteiger partial charge in [0.1, 0.15) is 17.0 Å². The number of aromatic nitrogens is 3. The van der Waals surface area contributed by atoms with Crippen LogP contribution in [0.3, 0.4) is 0 Å². The van der Waals surface area contributed by atoms with E-state index < -0.39 is 29.3 Å². The van der Waals surface area contributed by atoms with Crippen molar-refractivity contribution >= 4 is 11.6 Å². The van der Waals surface area contributed by atoms with Gasteiger partial charge in [0.25, 0.3) is 5.91 Å². The maximum absolute atomic E-state index is 15.2. The van der Waals surface area contributed by atoms with Crippen LogP contribution in [-0.2, 0) is 6.18 Å². The number of hydrogen-bond donors (Lipinski definition) is 1. The van der Waals surface area contributed by atoms with E-state index in [4.69, 9.17) is 4.74 Å². The van der Waals surface area contributed by atoms with Crippen molar-refractivity contribution in [3.05, 3.63) is 83.4 Å². The predicted molar refractivity (Wildman–Crippen MR) is 134 cm³/mol. The number of methoxy groups -OCH3 is 1. The first kappa shape index (κ1) is 26.6. The number of aliphatic hydroxyl groups is 1. The lowest BCUT2D eigenvalue weighted by Gasteiger charge is -2.38. The number of piperazine rings is 1. The summed E-state index contributed by atoms with van der Waals surface area (Å²) in [6.45, 7) is 1.34. The van der Waals surface area contributed by atoms with Crippen LogP contribution >= 0.6 is 0 Å². The Balaban J connectivity index is 1.46. The predicted octanol–water partition coefficient (Wildman–Crippen LogP) is 4.05. The maximum atomic E-state index is 15.2. The summed E-state index contributed by atoms with van der Waals surface area (Å²) in [5.41, 5.74) is -1.71. The highest BCUT2D eigenvalue weighted by Crippen LogP contribution is 2.36. The van der Waals surface area contributed by atoms with Gasteiger partial charge < -0.3 is 14.7 Å². The van der Waals surface area contributed by atoms with E-state index in [1.165, 1.54) is 36.3 Å². The highest BCUT2D eigenvalue weighted by molar-refractivity contribution is 6.00. The van der Waals surface area contributed by atoms with Crippen LogP contribution in [0.5, 0.6) is 5.75 Å². The van der Waals surface area contributed by atoms with Gasteiger partial charge in [-0.15, -0.1) is 0 Å². The van der Waals surface area contributed by atoms with E-state index in [9.17, 15) is 23.1 Å². The number of fused-ring (bicyclic) bond motifs is 1.